The van der Waals surface area contributed by atoms with Gasteiger partial charge in [0, 0.05) is 10.9 Å². The Hall–Kier alpha value is -3.94. The molecule has 8 heteroatoms. The van der Waals surface area contributed by atoms with Gasteiger partial charge in [-0.3, -0.25) is 4.79 Å². The largest absolute Gasteiger partial charge is 0.465 e. The van der Waals surface area contributed by atoms with Crippen molar-refractivity contribution in [3.05, 3.63) is 59.2 Å². The van der Waals surface area contributed by atoms with E-state index in [0.717, 1.165) is 0 Å². The Morgan fingerprint density at radius 1 is 0.938 bits per heavy atom. The van der Waals surface area contributed by atoms with Crippen molar-refractivity contribution in [3.63, 3.8) is 0 Å². The number of carbonyl (C=O) groups is 4. The zero-order valence-electron chi connectivity index (χ0n) is 18.4. The molecule has 166 valence electrons. The number of hydrogen-bond donors (Lipinski definition) is 0. The number of carbonyl (C=O) groups excluding carboxylic acids is 4. The third-order valence-electron chi connectivity index (χ3n) is 4.67. The minimum atomic E-state index is -0.839. The molecule has 0 aliphatic heterocycles. The van der Waals surface area contributed by atoms with Crippen molar-refractivity contribution < 1.29 is 33.4 Å². The monoisotopic (exact) mass is 437 g/mol. The van der Waals surface area contributed by atoms with Gasteiger partial charge >= 0.3 is 18.0 Å². The fourth-order valence-electron chi connectivity index (χ4n) is 3.44. The number of benzene rings is 2. The number of methoxy groups -OCH3 is 2. The average Bonchev–Trinajstić information content (AvgIpc) is 3.11. The molecule has 0 fully saturated rings. The van der Waals surface area contributed by atoms with Crippen LogP contribution in [0.4, 0.5) is 4.79 Å². The predicted molar refractivity (Wildman–Crippen MR) is 117 cm³/mol. The van der Waals surface area contributed by atoms with E-state index in [1.165, 1.54) is 30.9 Å². The highest BCUT2D eigenvalue weighted by Gasteiger charge is 2.30. The molecule has 3 aromatic rings. The van der Waals surface area contributed by atoms with Crippen LogP contribution in [0.25, 0.3) is 22.2 Å². The van der Waals surface area contributed by atoms with Crippen LogP contribution in [0.15, 0.2) is 42.5 Å². The first-order valence-electron chi connectivity index (χ1n) is 9.76. The van der Waals surface area contributed by atoms with Crippen molar-refractivity contribution in [1.29, 1.82) is 0 Å². The lowest BCUT2D eigenvalue weighted by Crippen LogP contribution is -2.27. The zero-order valence-corrected chi connectivity index (χ0v) is 18.4. The number of esters is 2. The molecule has 0 bridgehead atoms. The first-order valence-corrected chi connectivity index (χ1v) is 9.76. The summed E-state index contributed by atoms with van der Waals surface area (Å²) in [7, 11) is 2.38. The number of aromatic nitrogens is 1. The van der Waals surface area contributed by atoms with Gasteiger partial charge in [0.25, 0.3) is 0 Å². The normalized spacial score (nSPS) is 11.2. The van der Waals surface area contributed by atoms with Crippen LogP contribution in [0.5, 0.6) is 0 Å². The first kappa shape index (κ1) is 22.7. The summed E-state index contributed by atoms with van der Waals surface area (Å²) in [6, 6.07) is 11.4. The number of fused-ring (bicyclic) bond motifs is 1. The lowest BCUT2D eigenvalue weighted by Gasteiger charge is -2.21. The highest BCUT2D eigenvalue weighted by atomic mass is 16.6. The minimum absolute atomic E-state index is 0.0137. The summed E-state index contributed by atoms with van der Waals surface area (Å²) in [5.74, 6) is -1.49. The van der Waals surface area contributed by atoms with Crippen LogP contribution in [0.1, 0.15) is 51.8 Å². The van der Waals surface area contributed by atoms with Crippen molar-refractivity contribution in [2.24, 2.45) is 0 Å². The lowest BCUT2D eigenvalue weighted by atomic mass is 10.0. The SMILES string of the molecule is COC(=O)c1cc(C(=O)OC)c2c(C=O)c(-c3ccccc3)n(C(=O)OC(C)(C)C)c2c1. The second-order valence-electron chi connectivity index (χ2n) is 7.96. The number of aldehydes is 1. The standard InChI is InChI=1S/C24H23NO7/c1-24(2,3)32-23(29)25-18-12-15(21(27)30-4)11-16(22(28)31-5)19(18)17(13-26)20(25)14-9-7-6-8-10-14/h6-13H,1-5H3. The van der Waals surface area contributed by atoms with Gasteiger partial charge in [0.05, 0.1) is 36.6 Å². The van der Waals surface area contributed by atoms with Crippen molar-refractivity contribution in [2.45, 2.75) is 26.4 Å². The Labute approximate surface area is 184 Å². The maximum absolute atomic E-state index is 13.3. The molecule has 0 aliphatic rings. The fraction of sp³-hybridized carbons (Fsp3) is 0.250. The molecule has 0 N–H and O–H groups in total. The van der Waals surface area contributed by atoms with Gasteiger partial charge in [-0.25, -0.2) is 19.0 Å². The zero-order chi connectivity index (χ0) is 23.6. The molecule has 1 heterocycles. The molecule has 0 atom stereocenters. The van der Waals surface area contributed by atoms with E-state index in [1.54, 1.807) is 51.1 Å². The van der Waals surface area contributed by atoms with E-state index in [4.69, 9.17) is 14.2 Å². The number of nitrogens with zero attached hydrogens (tertiary/aromatic N) is 1. The molecule has 32 heavy (non-hydrogen) atoms. The van der Waals surface area contributed by atoms with E-state index in [0.29, 0.717) is 11.8 Å². The predicted octanol–water partition coefficient (Wildman–Crippen LogP) is 4.48. The third kappa shape index (κ3) is 4.12. The van der Waals surface area contributed by atoms with Crippen LogP contribution in [0.3, 0.4) is 0 Å². The third-order valence-corrected chi connectivity index (χ3v) is 4.67. The number of ether oxygens (including phenoxy) is 3. The highest BCUT2D eigenvalue weighted by molar-refractivity contribution is 6.17. The molecule has 0 saturated heterocycles. The molecule has 8 nitrogen and oxygen atoms in total. The van der Waals surface area contributed by atoms with Gasteiger partial charge in [-0.1, -0.05) is 30.3 Å². The van der Waals surface area contributed by atoms with Crippen LogP contribution in [-0.4, -0.2) is 48.7 Å². The lowest BCUT2D eigenvalue weighted by molar-refractivity contribution is 0.0541. The van der Waals surface area contributed by atoms with E-state index in [1.807, 2.05) is 0 Å². The Bertz CT molecular complexity index is 1220. The molecule has 0 aliphatic carbocycles. The van der Waals surface area contributed by atoms with Crippen molar-refractivity contribution in [1.82, 2.24) is 4.57 Å². The Balaban J connectivity index is 2.54. The summed E-state index contributed by atoms with van der Waals surface area (Å²) < 4.78 is 16.4. The molecule has 0 unspecified atom stereocenters. The van der Waals surface area contributed by atoms with Crippen LogP contribution in [-0.2, 0) is 14.2 Å². The van der Waals surface area contributed by atoms with Gasteiger partial charge in [-0.2, -0.15) is 0 Å². The topological polar surface area (TPSA) is 101 Å². The van der Waals surface area contributed by atoms with Gasteiger partial charge < -0.3 is 14.2 Å². The van der Waals surface area contributed by atoms with E-state index in [-0.39, 0.29) is 33.3 Å². The van der Waals surface area contributed by atoms with Crippen LogP contribution in [0.2, 0.25) is 0 Å². The van der Waals surface area contributed by atoms with E-state index in [9.17, 15) is 19.2 Å². The second kappa shape index (κ2) is 8.66. The molecule has 1 aromatic heterocycles. The molecular formula is C24H23NO7. The van der Waals surface area contributed by atoms with Gasteiger partial charge in [0.1, 0.15) is 5.60 Å². The second-order valence-corrected chi connectivity index (χ2v) is 7.96. The molecule has 0 amide bonds. The van der Waals surface area contributed by atoms with Gasteiger partial charge in [0.2, 0.25) is 0 Å². The van der Waals surface area contributed by atoms with E-state index < -0.39 is 23.6 Å². The highest BCUT2D eigenvalue weighted by Crippen LogP contribution is 2.36. The van der Waals surface area contributed by atoms with Crippen molar-refractivity contribution in [3.8, 4) is 11.3 Å². The fourth-order valence-corrected chi connectivity index (χ4v) is 3.44. The maximum atomic E-state index is 13.3. The van der Waals surface area contributed by atoms with Crippen LogP contribution in [0, 0.1) is 0 Å². The first-order chi connectivity index (χ1) is 15.1. The molecular weight excluding hydrogens is 414 g/mol. The summed E-state index contributed by atoms with van der Waals surface area (Å²) in [5, 5.41) is 0.171. The molecule has 0 spiro atoms. The van der Waals surface area contributed by atoms with Crippen molar-refractivity contribution in [2.75, 3.05) is 14.2 Å². The molecule has 0 saturated carbocycles. The summed E-state index contributed by atoms with van der Waals surface area (Å²) in [5.41, 5.74) is 0.141. The van der Waals surface area contributed by atoms with Gasteiger partial charge in [-0.15, -0.1) is 0 Å². The van der Waals surface area contributed by atoms with E-state index in [2.05, 4.69) is 0 Å². The van der Waals surface area contributed by atoms with Gasteiger partial charge in [0.15, 0.2) is 6.29 Å². The average molecular weight is 437 g/mol. The van der Waals surface area contributed by atoms with E-state index >= 15 is 0 Å². The van der Waals surface area contributed by atoms with Gasteiger partial charge in [-0.05, 0) is 38.5 Å². The summed E-state index contributed by atoms with van der Waals surface area (Å²) in [4.78, 5) is 50.4. The molecule has 2 aromatic carbocycles. The summed E-state index contributed by atoms with van der Waals surface area (Å²) in [6.45, 7) is 5.12. The smallest absolute Gasteiger partial charge is 0.419 e. The summed E-state index contributed by atoms with van der Waals surface area (Å²) >= 11 is 0. The number of hydrogen-bond acceptors (Lipinski definition) is 7. The maximum Gasteiger partial charge on any atom is 0.419 e. The molecule has 0 radical (unpaired) electrons. The summed E-state index contributed by atoms with van der Waals surface area (Å²) in [6.07, 6.45) is -0.206. The number of rotatable bonds is 4. The Morgan fingerprint density at radius 3 is 2.09 bits per heavy atom. The van der Waals surface area contributed by atoms with Crippen LogP contribution >= 0.6 is 0 Å². The quantitative estimate of drug-likeness (QED) is 0.337. The van der Waals surface area contributed by atoms with Crippen LogP contribution < -0.4 is 0 Å². The Kier molecular flexibility index (Phi) is 6.16. The molecule has 3 rings (SSSR count). The minimum Gasteiger partial charge on any atom is -0.465 e. The Morgan fingerprint density at radius 2 is 1.56 bits per heavy atom. The van der Waals surface area contributed by atoms with Crippen molar-refractivity contribution >= 4 is 35.2 Å².